The number of fused-ring (bicyclic) bond motifs is 1. The maximum absolute atomic E-state index is 14.0. The summed E-state index contributed by atoms with van der Waals surface area (Å²) in [4.78, 5) is 39.3. The number of amides is 2. The average Bonchev–Trinajstić information content (AvgIpc) is 2.82. The smallest absolute Gasteiger partial charge is 0.413 e. The number of imide groups is 1. The molecule has 0 saturated heterocycles. The quantitative estimate of drug-likeness (QED) is 0.589. The minimum atomic E-state index is -4.18. The van der Waals surface area contributed by atoms with E-state index < -0.39 is 44.6 Å². The highest BCUT2D eigenvalue weighted by molar-refractivity contribution is 7.89. The van der Waals surface area contributed by atoms with E-state index in [0.717, 1.165) is 17.0 Å². The van der Waals surface area contributed by atoms with E-state index >= 15 is 0 Å². The first-order valence-electron chi connectivity index (χ1n) is 11.7. The van der Waals surface area contributed by atoms with E-state index in [1.807, 2.05) is 26.8 Å². The molecule has 36 heavy (non-hydrogen) atoms. The molecule has 0 spiro atoms. The van der Waals surface area contributed by atoms with Crippen LogP contribution in [0.4, 0.5) is 4.79 Å². The maximum atomic E-state index is 14.0. The van der Waals surface area contributed by atoms with Gasteiger partial charge in [0.05, 0.1) is 18.6 Å². The van der Waals surface area contributed by atoms with Crippen LogP contribution >= 0.6 is 0 Å². The number of hydrogen-bond donors (Lipinski definition) is 1. The van der Waals surface area contributed by atoms with E-state index in [4.69, 9.17) is 0 Å². The molecule has 0 heterocycles. The highest BCUT2D eigenvalue weighted by atomic mass is 32.2. The molecule has 2 aliphatic carbocycles. The number of methoxy groups -OCH3 is 1. The SMILES string of the molecule is COC(=O)NC(=O)[C@]12C(=O)CCC(C)(C)[C@@H]1C=C2N(Cc1ccccc1)S(=O)(=O)c1ccc(C)cc1. The molecule has 1 saturated carbocycles. The maximum Gasteiger partial charge on any atom is 0.413 e. The van der Waals surface area contributed by atoms with Gasteiger partial charge in [-0.15, -0.1) is 0 Å². The third kappa shape index (κ3) is 4.11. The van der Waals surface area contributed by atoms with Crippen molar-refractivity contribution in [3.63, 3.8) is 0 Å². The molecule has 1 N–H and O–H groups in total. The van der Waals surface area contributed by atoms with E-state index in [0.29, 0.717) is 12.0 Å². The zero-order valence-electron chi connectivity index (χ0n) is 20.8. The summed E-state index contributed by atoms with van der Waals surface area (Å²) in [6.07, 6.45) is 1.31. The molecule has 0 unspecified atom stereocenters. The van der Waals surface area contributed by atoms with Gasteiger partial charge >= 0.3 is 6.09 Å². The van der Waals surface area contributed by atoms with Gasteiger partial charge in [-0.1, -0.05) is 68.0 Å². The van der Waals surface area contributed by atoms with E-state index in [2.05, 4.69) is 10.1 Å². The van der Waals surface area contributed by atoms with E-state index in [-0.39, 0.29) is 23.6 Å². The number of rotatable bonds is 6. The van der Waals surface area contributed by atoms with Gasteiger partial charge < -0.3 is 4.74 Å². The Morgan fingerprint density at radius 1 is 1.08 bits per heavy atom. The third-order valence-electron chi connectivity index (χ3n) is 7.28. The number of nitrogens with zero attached hydrogens (tertiary/aromatic N) is 1. The first kappa shape index (κ1) is 25.6. The molecule has 2 amide bonds. The summed E-state index contributed by atoms with van der Waals surface area (Å²) in [5.41, 5.74) is -0.663. The second-order valence-corrected chi connectivity index (χ2v) is 11.9. The van der Waals surface area contributed by atoms with Crippen molar-refractivity contribution in [3.8, 4) is 0 Å². The van der Waals surface area contributed by atoms with Crippen LogP contribution in [0.3, 0.4) is 0 Å². The van der Waals surface area contributed by atoms with Gasteiger partial charge in [0, 0.05) is 18.0 Å². The molecule has 2 aromatic carbocycles. The normalized spacial score (nSPS) is 22.5. The summed E-state index contributed by atoms with van der Waals surface area (Å²) in [5.74, 6) is -1.87. The lowest BCUT2D eigenvalue weighted by Gasteiger charge is -2.57. The third-order valence-corrected chi connectivity index (χ3v) is 9.05. The van der Waals surface area contributed by atoms with Crippen molar-refractivity contribution in [2.45, 2.75) is 45.1 Å². The van der Waals surface area contributed by atoms with E-state index in [9.17, 15) is 22.8 Å². The fourth-order valence-corrected chi connectivity index (χ4v) is 6.70. The van der Waals surface area contributed by atoms with Crippen molar-refractivity contribution in [1.82, 2.24) is 9.62 Å². The van der Waals surface area contributed by atoms with Crippen LogP contribution in [0, 0.1) is 23.7 Å². The Labute approximate surface area is 211 Å². The van der Waals surface area contributed by atoms with Gasteiger partial charge in [0.15, 0.2) is 11.2 Å². The molecular formula is C27H30N2O6S. The Morgan fingerprint density at radius 3 is 2.33 bits per heavy atom. The molecule has 8 nitrogen and oxygen atoms in total. The number of allylic oxidation sites excluding steroid dienone is 1. The molecular weight excluding hydrogens is 480 g/mol. The van der Waals surface area contributed by atoms with Crippen molar-refractivity contribution in [2.75, 3.05) is 7.11 Å². The number of ketones is 1. The Hall–Kier alpha value is -3.46. The Kier molecular flexibility index (Phi) is 6.55. The summed E-state index contributed by atoms with van der Waals surface area (Å²) in [5, 5.41) is 2.15. The number of carbonyl (C=O) groups is 3. The average molecular weight is 511 g/mol. The minimum absolute atomic E-state index is 0.0411. The lowest BCUT2D eigenvalue weighted by atomic mass is 9.47. The molecule has 190 valence electrons. The van der Waals surface area contributed by atoms with Crippen molar-refractivity contribution < 1.29 is 27.5 Å². The first-order chi connectivity index (χ1) is 16.9. The number of nitrogens with one attached hydrogen (secondary N) is 1. The number of carbonyl (C=O) groups excluding carboxylic acids is 3. The van der Waals surface area contributed by atoms with E-state index in [1.54, 1.807) is 42.5 Å². The van der Waals surface area contributed by atoms with Gasteiger partial charge in [-0.05, 0) is 36.5 Å². The van der Waals surface area contributed by atoms with Gasteiger partial charge in [0.25, 0.3) is 10.0 Å². The lowest BCUT2D eigenvalue weighted by Crippen LogP contribution is -2.66. The predicted molar refractivity (Wildman–Crippen MR) is 133 cm³/mol. The molecule has 1 fully saturated rings. The first-order valence-corrected chi connectivity index (χ1v) is 13.2. The van der Waals surface area contributed by atoms with Crippen molar-refractivity contribution in [2.24, 2.45) is 16.7 Å². The molecule has 9 heteroatoms. The van der Waals surface area contributed by atoms with Gasteiger partial charge in [-0.25, -0.2) is 13.2 Å². The second kappa shape index (κ2) is 9.20. The highest BCUT2D eigenvalue weighted by Crippen LogP contribution is 2.61. The number of aryl methyl sites for hydroxylation is 1. The fourth-order valence-electron chi connectivity index (χ4n) is 5.19. The zero-order valence-corrected chi connectivity index (χ0v) is 21.6. The van der Waals surface area contributed by atoms with Crippen LogP contribution in [0.25, 0.3) is 0 Å². The van der Waals surface area contributed by atoms with Gasteiger partial charge in [0.2, 0.25) is 5.91 Å². The molecule has 2 atom stereocenters. The largest absolute Gasteiger partial charge is 0.453 e. The summed E-state index contributed by atoms with van der Waals surface area (Å²) in [7, 11) is -3.06. The summed E-state index contributed by atoms with van der Waals surface area (Å²) >= 11 is 0. The number of benzene rings is 2. The molecule has 2 aromatic rings. The summed E-state index contributed by atoms with van der Waals surface area (Å²) in [6, 6.07) is 15.4. The summed E-state index contributed by atoms with van der Waals surface area (Å²) < 4.78 is 33.8. The van der Waals surface area contributed by atoms with Crippen LogP contribution in [0.15, 0.2) is 71.3 Å². The molecule has 0 aliphatic heterocycles. The van der Waals surface area contributed by atoms with Gasteiger partial charge in [-0.2, -0.15) is 0 Å². The molecule has 0 radical (unpaired) electrons. The number of ether oxygens (including phenoxy) is 1. The fraction of sp³-hybridized carbons (Fsp3) is 0.370. The molecule has 0 bridgehead atoms. The Morgan fingerprint density at radius 2 is 1.72 bits per heavy atom. The minimum Gasteiger partial charge on any atom is -0.453 e. The van der Waals surface area contributed by atoms with Crippen molar-refractivity contribution >= 4 is 27.8 Å². The zero-order chi connectivity index (χ0) is 26.3. The number of alkyl carbamates (subject to hydrolysis) is 1. The Balaban J connectivity index is 1.90. The topological polar surface area (TPSA) is 110 Å². The van der Waals surface area contributed by atoms with Crippen LogP contribution in [0.5, 0.6) is 0 Å². The van der Waals surface area contributed by atoms with Crippen LogP contribution in [0.2, 0.25) is 0 Å². The van der Waals surface area contributed by atoms with Gasteiger partial charge in [-0.3, -0.25) is 19.2 Å². The van der Waals surface area contributed by atoms with Crippen LogP contribution in [0.1, 0.15) is 37.8 Å². The molecule has 4 rings (SSSR count). The predicted octanol–water partition coefficient (Wildman–Crippen LogP) is 3.96. The number of hydrogen-bond acceptors (Lipinski definition) is 6. The van der Waals surface area contributed by atoms with Crippen LogP contribution in [-0.2, 0) is 30.9 Å². The molecule has 2 aliphatic rings. The summed E-state index contributed by atoms with van der Waals surface area (Å²) in [6.45, 7) is 5.64. The lowest BCUT2D eigenvalue weighted by molar-refractivity contribution is -0.153. The monoisotopic (exact) mass is 510 g/mol. The van der Waals surface area contributed by atoms with Crippen LogP contribution in [-0.4, -0.2) is 37.6 Å². The molecule has 0 aromatic heterocycles. The van der Waals surface area contributed by atoms with Gasteiger partial charge in [0.1, 0.15) is 0 Å². The standard InChI is InChI=1S/C27H30N2O6S/c1-18-10-12-20(13-11-18)36(33,34)29(17-19-8-6-5-7-9-19)22-16-21-26(2,3)15-14-23(30)27(21,22)24(31)28-25(32)35-4/h5-13,16,21H,14-15,17H2,1-4H3,(H,28,31,32)/t21-,27+/m0/s1. The highest BCUT2D eigenvalue weighted by Gasteiger charge is 2.68. The number of sulfonamides is 1. The van der Waals surface area contributed by atoms with E-state index in [1.165, 1.54) is 12.1 Å². The number of Topliss-reactive ketones (excluding diaryl/α,β-unsaturated/α-hetero) is 1. The van der Waals surface area contributed by atoms with Crippen molar-refractivity contribution in [3.05, 3.63) is 77.5 Å². The second-order valence-electron chi connectivity index (χ2n) is 10.0. The van der Waals surface area contributed by atoms with Crippen LogP contribution < -0.4 is 5.32 Å². The van der Waals surface area contributed by atoms with Crippen molar-refractivity contribution in [1.29, 1.82) is 0 Å². The Bertz CT molecular complexity index is 1330.